The van der Waals surface area contributed by atoms with Gasteiger partial charge in [0.05, 0.1) is 0 Å². The second-order valence-corrected chi connectivity index (χ2v) is 7.04. The molecule has 2 heterocycles. The zero-order valence-corrected chi connectivity index (χ0v) is 14.1. The Kier molecular flexibility index (Phi) is 4.28. The van der Waals surface area contributed by atoms with Crippen LogP contribution in [0.2, 0.25) is 0 Å². The van der Waals surface area contributed by atoms with E-state index in [1.165, 1.54) is 6.42 Å². The fourth-order valence-electron chi connectivity index (χ4n) is 3.80. The first-order valence-electron chi connectivity index (χ1n) is 8.41. The lowest BCUT2D eigenvalue weighted by Gasteiger charge is -2.35. The summed E-state index contributed by atoms with van der Waals surface area (Å²) in [6, 6.07) is 5.59. The number of amides is 3. The third-order valence-corrected chi connectivity index (χ3v) is 4.75. The molecule has 2 atom stereocenters. The molecule has 1 N–H and O–H groups in total. The minimum atomic E-state index is -0.0640. The van der Waals surface area contributed by atoms with E-state index < -0.39 is 0 Å². The van der Waals surface area contributed by atoms with Crippen molar-refractivity contribution in [2.75, 3.05) is 31.1 Å². The molecule has 1 aromatic carbocycles. The molecular weight excluding hydrogens is 290 g/mol. The maximum absolute atomic E-state index is 12.8. The van der Waals surface area contributed by atoms with Gasteiger partial charge in [-0.05, 0) is 48.9 Å². The van der Waals surface area contributed by atoms with E-state index in [-0.39, 0.29) is 11.9 Å². The Labute approximate surface area is 137 Å². The number of nitrogens with one attached hydrogen (secondary N) is 1. The summed E-state index contributed by atoms with van der Waals surface area (Å²) in [6.07, 6.45) is 1.19. The molecule has 3 amide bonds. The first-order valence-corrected chi connectivity index (χ1v) is 8.41. The van der Waals surface area contributed by atoms with Gasteiger partial charge in [0, 0.05) is 37.4 Å². The Morgan fingerprint density at radius 2 is 1.91 bits per heavy atom. The van der Waals surface area contributed by atoms with Crippen molar-refractivity contribution in [2.45, 2.75) is 27.2 Å². The van der Waals surface area contributed by atoms with Crippen LogP contribution in [-0.2, 0) is 0 Å². The predicted octanol–water partition coefficient (Wildman–Crippen LogP) is 2.64. The van der Waals surface area contributed by atoms with Crippen LogP contribution in [0.4, 0.5) is 10.5 Å². The van der Waals surface area contributed by atoms with Crippen LogP contribution in [0.1, 0.15) is 36.2 Å². The number of hydrogen-bond acceptors (Lipinski definition) is 2. The fraction of sp³-hybridized carbons (Fsp3) is 0.556. The Bertz CT molecular complexity index is 619. The number of likely N-dealkylation sites (tertiary alicyclic amines) is 1. The molecule has 3 rings (SSSR count). The van der Waals surface area contributed by atoms with Gasteiger partial charge in [0.2, 0.25) is 0 Å². The average Bonchev–Trinajstić information content (AvgIpc) is 2.91. The van der Waals surface area contributed by atoms with Crippen LogP contribution in [0.5, 0.6) is 0 Å². The zero-order chi connectivity index (χ0) is 16.6. The van der Waals surface area contributed by atoms with Gasteiger partial charge in [-0.25, -0.2) is 4.79 Å². The quantitative estimate of drug-likeness (QED) is 0.912. The van der Waals surface area contributed by atoms with Gasteiger partial charge < -0.3 is 10.2 Å². The first-order chi connectivity index (χ1) is 11.0. The van der Waals surface area contributed by atoms with Crippen LogP contribution >= 0.6 is 0 Å². The van der Waals surface area contributed by atoms with Gasteiger partial charge in [0.15, 0.2) is 0 Å². The van der Waals surface area contributed by atoms with Gasteiger partial charge in [0.25, 0.3) is 5.91 Å². The van der Waals surface area contributed by atoms with E-state index in [4.69, 9.17) is 0 Å². The van der Waals surface area contributed by atoms with Gasteiger partial charge in [-0.15, -0.1) is 0 Å². The Morgan fingerprint density at radius 1 is 1.22 bits per heavy atom. The second-order valence-electron chi connectivity index (χ2n) is 7.04. The van der Waals surface area contributed by atoms with Crippen LogP contribution in [0, 0.1) is 18.8 Å². The highest BCUT2D eigenvalue weighted by atomic mass is 16.2. The number of aryl methyl sites for hydroxylation is 1. The molecule has 0 bridgehead atoms. The molecule has 2 aliphatic heterocycles. The maximum atomic E-state index is 12.8. The summed E-state index contributed by atoms with van der Waals surface area (Å²) in [5.74, 6) is 1.21. The summed E-state index contributed by atoms with van der Waals surface area (Å²) in [7, 11) is 0. The third kappa shape index (κ3) is 3.19. The van der Waals surface area contributed by atoms with Crippen molar-refractivity contribution in [3.05, 3.63) is 29.3 Å². The molecule has 23 heavy (non-hydrogen) atoms. The van der Waals surface area contributed by atoms with E-state index in [1.807, 2.05) is 30.0 Å². The summed E-state index contributed by atoms with van der Waals surface area (Å²) in [6.45, 7) is 9.37. The number of carbonyl (C=O) groups excluding carboxylic acids is 2. The lowest BCUT2D eigenvalue weighted by Crippen LogP contribution is -2.42. The molecule has 2 saturated heterocycles. The van der Waals surface area contributed by atoms with Crippen molar-refractivity contribution in [3.8, 4) is 0 Å². The molecular formula is C18H25N3O2. The SMILES string of the molecule is Cc1cc(C(=O)N2C[C@@H](C)C[C@H](C)C2)ccc1N1CCNC1=O. The predicted molar refractivity (Wildman–Crippen MR) is 90.8 cm³/mol. The van der Waals surface area contributed by atoms with E-state index in [0.717, 1.165) is 24.3 Å². The fourth-order valence-corrected chi connectivity index (χ4v) is 3.80. The van der Waals surface area contributed by atoms with Crippen molar-refractivity contribution in [1.82, 2.24) is 10.2 Å². The minimum absolute atomic E-state index is 0.0640. The van der Waals surface area contributed by atoms with Gasteiger partial charge in [-0.2, -0.15) is 0 Å². The maximum Gasteiger partial charge on any atom is 0.322 e. The van der Waals surface area contributed by atoms with Crippen LogP contribution in [0.15, 0.2) is 18.2 Å². The number of carbonyl (C=O) groups is 2. The highest BCUT2D eigenvalue weighted by Gasteiger charge is 2.27. The molecule has 5 heteroatoms. The van der Waals surface area contributed by atoms with E-state index >= 15 is 0 Å². The van der Waals surface area contributed by atoms with Crippen LogP contribution in [0.3, 0.4) is 0 Å². The monoisotopic (exact) mass is 315 g/mol. The summed E-state index contributed by atoms with van der Waals surface area (Å²) in [5.41, 5.74) is 2.56. The van der Waals surface area contributed by atoms with Crippen molar-refractivity contribution in [3.63, 3.8) is 0 Å². The smallest absolute Gasteiger partial charge is 0.322 e. The first kappa shape index (κ1) is 15.8. The van der Waals surface area contributed by atoms with E-state index in [1.54, 1.807) is 4.90 Å². The van der Waals surface area contributed by atoms with Crippen LogP contribution in [-0.4, -0.2) is 43.0 Å². The Hall–Kier alpha value is -2.04. The summed E-state index contributed by atoms with van der Waals surface area (Å²) < 4.78 is 0. The molecule has 124 valence electrons. The largest absolute Gasteiger partial charge is 0.338 e. The van der Waals surface area contributed by atoms with Gasteiger partial charge in [-0.3, -0.25) is 9.69 Å². The van der Waals surface area contributed by atoms with Gasteiger partial charge in [0.1, 0.15) is 0 Å². The molecule has 0 aliphatic carbocycles. The normalized spacial score (nSPS) is 24.7. The molecule has 2 aliphatic rings. The summed E-state index contributed by atoms with van der Waals surface area (Å²) in [5, 5.41) is 2.81. The second kappa shape index (κ2) is 6.22. The van der Waals surface area contributed by atoms with Crippen molar-refractivity contribution < 1.29 is 9.59 Å². The molecule has 0 spiro atoms. The Morgan fingerprint density at radius 3 is 2.48 bits per heavy atom. The topological polar surface area (TPSA) is 52.7 Å². The Balaban J connectivity index is 1.79. The highest BCUT2D eigenvalue weighted by molar-refractivity contribution is 5.98. The summed E-state index contributed by atoms with van der Waals surface area (Å²) in [4.78, 5) is 28.3. The molecule has 0 unspecified atom stereocenters. The van der Waals surface area contributed by atoms with E-state index in [0.29, 0.717) is 30.5 Å². The number of rotatable bonds is 2. The summed E-state index contributed by atoms with van der Waals surface area (Å²) >= 11 is 0. The molecule has 0 aromatic heterocycles. The molecule has 0 saturated carbocycles. The number of nitrogens with zero attached hydrogens (tertiary/aromatic N) is 2. The number of urea groups is 1. The van der Waals surface area contributed by atoms with Crippen molar-refractivity contribution in [2.24, 2.45) is 11.8 Å². The van der Waals surface area contributed by atoms with Crippen molar-refractivity contribution >= 4 is 17.6 Å². The lowest BCUT2D eigenvalue weighted by molar-refractivity contribution is 0.0623. The average molecular weight is 315 g/mol. The number of benzene rings is 1. The standard InChI is InChI=1S/C18H25N3O2/c1-12-8-13(2)11-20(10-12)17(22)15-4-5-16(14(3)9-15)21-7-6-19-18(21)23/h4-5,9,12-13H,6-8,10-11H2,1-3H3,(H,19,23)/t12-,13-/m0/s1. The van der Waals surface area contributed by atoms with Crippen molar-refractivity contribution in [1.29, 1.82) is 0 Å². The number of piperidine rings is 1. The van der Waals surface area contributed by atoms with Gasteiger partial charge in [-0.1, -0.05) is 13.8 Å². The van der Waals surface area contributed by atoms with E-state index in [2.05, 4.69) is 19.2 Å². The van der Waals surface area contributed by atoms with Crippen LogP contribution < -0.4 is 10.2 Å². The molecule has 5 nitrogen and oxygen atoms in total. The number of anilines is 1. The number of hydrogen-bond donors (Lipinski definition) is 1. The minimum Gasteiger partial charge on any atom is -0.338 e. The highest BCUT2D eigenvalue weighted by Crippen LogP contribution is 2.26. The zero-order valence-electron chi connectivity index (χ0n) is 14.1. The third-order valence-electron chi connectivity index (χ3n) is 4.75. The molecule has 2 fully saturated rings. The van der Waals surface area contributed by atoms with Crippen LogP contribution in [0.25, 0.3) is 0 Å². The van der Waals surface area contributed by atoms with Gasteiger partial charge >= 0.3 is 6.03 Å². The molecule has 0 radical (unpaired) electrons. The lowest BCUT2D eigenvalue weighted by atomic mass is 9.91. The molecule has 1 aromatic rings. The van der Waals surface area contributed by atoms with E-state index in [9.17, 15) is 9.59 Å².